The number of carbonyl (C=O) groups is 1. The third kappa shape index (κ3) is 37.4. The highest BCUT2D eigenvalue weighted by Crippen LogP contribution is 2.26. The number of esters is 1. The van der Waals surface area contributed by atoms with E-state index in [1.807, 2.05) is 12.2 Å². The molecule has 386 valence electrons. The van der Waals surface area contributed by atoms with E-state index in [0.29, 0.717) is 13.0 Å². The Balaban J connectivity index is 2.43. The zero-order valence-corrected chi connectivity index (χ0v) is 42.2. The molecule has 0 saturated carbocycles. The SMILES string of the molecule is CC/C=C\C/C=C\C/C=C\C/C=C\C/C=C\C/C=C\CCC(=O)OC(COCCCCCCCCCCC/C=C\C/C=C\C/C=C\C/C=C\CC)COC1OC(CO)C(O)C(OS(=O)(=O)O)C1O. The van der Waals surface area contributed by atoms with Crippen molar-refractivity contribution in [1.82, 2.24) is 0 Å². The number of unbranched alkanes of at least 4 members (excludes halogenated alkanes) is 9. The Morgan fingerprint density at radius 3 is 1.41 bits per heavy atom. The number of hydrogen-bond donors (Lipinski definition) is 4. The van der Waals surface area contributed by atoms with Crippen LogP contribution in [0.4, 0.5) is 0 Å². The van der Waals surface area contributed by atoms with Crippen LogP contribution in [0.5, 0.6) is 0 Å². The van der Waals surface area contributed by atoms with E-state index in [4.69, 9.17) is 18.9 Å². The number of ether oxygens (including phenoxy) is 4. The molecule has 1 rings (SSSR count). The standard InChI is InChI=1S/C55H88O12S/c1-3-5-7-9-11-13-15-17-19-21-23-24-25-27-29-31-33-35-37-39-41-43-45-63-47-49(48-64-55-53(59)54(67-68(60,61)62)52(58)50(46-56)66-55)65-51(57)44-42-40-38-36-34-32-30-28-26-22-20-18-16-14-12-10-8-6-4-2/h5-8,11-14,17-20,23-24,26,28,32,34,38,40,49-50,52-56,58-59H,3-4,9-10,15-16,21-22,25,27,29-31,33,35-37,39,41-48H2,1-2H3,(H,60,61,62)/b7-5-,8-6-,13-11-,14-12-,19-17-,20-18-,24-23-,28-26-,34-32-,40-38-. The number of allylic oxidation sites excluding steroid dienone is 20. The largest absolute Gasteiger partial charge is 0.457 e. The van der Waals surface area contributed by atoms with Gasteiger partial charge in [-0.15, -0.1) is 0 Å². The molecule has 6 unspecified atom stereocenters. The highest BCUT2D eigenvalue weighted by Gasteiger charge is 2.48. The fourth-order valence-electron chi connectivity index (χ4n) is 6.86. The van der Waals surface area contributed by atoms with Gasteiger partial charge in [0.1, 0.15) is 30.5 Å². The van der Waals surface area contributed by atoms with Crippen LogP contribution < -0.4 is 0 Å². The summed E-state index contributed by atoms with van der Waals surface area (Å²) in [7, 11) is -5.08. The first-order chi connectivity index (χ1) is 33.1. The Morgan fingerprint density at radius 2 is 0.971 bits per heavy atom. The van der Waals surface area contributed by atoms with Gasteiger partial charge in [0, 0.05) is 13.0 Å². The first kappa shape index (κ1) is 62.5. The third-order valence-electron chi connectivity index (χ3n) is 10.6. The third-order valence-corrected chi connectivity index (χ3v) is 11.1. The maximum Gasteiger partial charge on any atom is 0.397 e. The average Bonchev–Trinajstić information content (AvgIpc) is 3.31. The van der Waals surface area contributed by atoms with Crippen LogP contribution in [0, 0.1) is 0 Å². The molecule has 1 saturated heterocycles. The Morgan fingerprint density at radius 1 is 0.559 bits per heavy atom. The van der Waals surface area contributed by atoms with Gasteiger partial charge in [0.2, 0.25) is 0 Å². The van der Waals surface area contributed by atoms with E-state index in [9.17, 15) is 33.1 Å². The molecule has 0 radical (unpaired) electrons. The fraction of sp³-hybridized carbons (Fsp3) is 0.618. The first-order valence-corrected chi connectivity index (χ1v) is 26.7. The van der Waals surface area contributed by atoms with Gasteiger partial charge in [-0.05, 0) is 89.9 Å². The van der Waals surface area contributed by atoms with Crippen molar-refractivity contribution in [3.05, 3.63) is 122 Å². The van der Waals surface area contributed by atoms with E-state index in [2.05, 4.69) is 127 Å². The summed E-state index contributed by atoms with van der Waals surface area (Å²) >= 11 is 0. The minimum Gasteiger partial charge on any atom is -0.457 e. The molecule has 0 spiro atoms. The van der Waals surface area contributed by atoms with Gasteiger partial charge in [-0.3, -0.25) is 9.35 Å². The highest BCUT2D eigenvalue weighted by atomic mass is 32.3. The van der Waals surface area contributed by atoms with Crippen LogP contribution in [-0.4, -0.2) is 97.5 Å². The monoisotopic (exact) mass is 973 g/mol. The average molecular weight is 973 g/mol. The van der Waals surface area contributed by atoms with E-state index in [-0.39, 0.29) is 19.6 Å². The molecule has 1 fully saturated rings. The number of aliphatic hydroxyl groups excluding tert-OH is 3. The van der Waals surface area contributed by atoms with Crippen molar-refractivity contribution in [2.45, 2.75) is 192 Å². The van der Waals surface area contributed by atoms with Crippen molar-refractivity contribution in [2.75, 3.05) is 26.4 Å². The summed E-state index contributed by atoms with van der Waals surface area (Å²) < 4.78 is 59.1. The van der Waals surface area contributed by atoms with Crippen LogP contribution in [0.15, 0.2) is 122 Å². The molecule has 0 aromatic heterocycles. The zero-order chi connectivity index (χ0) is 49.6. The molecule has 13 heteroatoms. The Labute approximate surface area is 410 Å². The quantitative estimate of drug-likeness (QED) is 0.0197. The van der Waals surface area contributed by atoms with E-state index in [1.165, 1.54) is 32.1 Å². The van der Waals surface area contributed by atoms with Crippen LogP contribution in [0.2, 0.25) is 0 Å². The van der Waals surface area contributed by atoms with E-state index in [0.717, 1.165) is 96.3 Å². The molecule has 6 atom stereocenters. The summed E-state index contributed by atoms with van der Waals surface area (Å²) in [6, 6.07) is 0. The van der Waals surface area contributed by atoms with Crippen LogP contribution in [0.25, 0.3) is 0 Å². The molecule has 0 aliphatic carbocycles. The van der Waals surface area contributed by atoms with Crippen molar-refractivity contribution >= 4 is 16.4 Å². The van der Waals surface area contributed by atoms with Crippen LogP contribution in [0.1, 0.15) is 155 Å². The van der Waals surface area contributed by atoms with Crippen LogP contribution in [0.3, 0.4) is 0 Å². The van der Waals surface area contributed by atoms with Crippen molar-refractivity contribution in [2.24, 2.45) is 0 Å². The predicted molar refractivity (Wildman–Crippen MR) is 275 cm³/mol. The van der Waals surface area contributed by atoms with Gasteiger partial charge in [-0.2, -0.15) is 8.42 Å². The van der Waals surface area contributed by atoms with E-state index < -0.39 is 59.8 Å². The second-order valence-corrected chi connectivity index (χ2v) is 17.7. The molecule has 0 amide bonds. The zero-order valence-electron chi connectivity index (χ0n) is 41.4. The Hall–Kier alpha value is -3.50. The summed E-state index contributed by atoms with van der Waals surface area (Å²) in [5.41, 5.74) is 0. The summed E-state index contributed by atoms with van der Waals surface area (Å²) in [6.45, 7) is 3.63. The van der Waals surface area contributed by atoms with Gasteiger partial charge >= 0.3 is 16.4 Å². The second kappa shape index (κ2) is 44.7. The molecule has 0 aromatic carbocycles. The minimum absolute atomic E-state index is 0.00756. The van der Waals surface area contributed by atoms with Crippen LogP contribution >= 0.6 is 0 Å². The molecule has 1 aliphatic heterocycles. The van der Waals surface area contributed by atoms with Crippen molar-refractivity contribution in [1.29, 1.82) is 0 Å². The summed E-state index contributed by atoms with van der Waals surface area (Å²) in [4.78, 5) is 12.9. The molecule has 1 heterocycles. The van der Waals surface area contributed by atoms with Gasteiger partial charge in [-0.1, -0.05) is 180 Å². The van der Waals surface area contributed by atoms with Gasteiger partial charge in [0.15, 0.2) is 6.29 Å². The molecule has 0 bridgehead atoms. The molecule has 4 N–H and O–H groups in total. The minimum atomic E-state index is -5.08. The van der Waals surface area contributed by atoms with Gasteiger partial charge < -0.3 is 34.3 Å². The number of carbonyl (C=O) groups excluding carboxylic acids is 1. The molecular weight excluding hydrogens is 885 g/mol. The first-order valence-electron chi connectivity index (χ1n) is 25.3. The summed E-state index contributed by atoms with van der Waals surface area (Å²) in [5.74, 6) is -0.488. The van der Waals surface area contributed by atoms with Gasteiger partial charge in [-0.25, -0.2) is 4.18 Å². The molecule has 0 aromatic rings. The lowest BCUT2D eigenvalue weighted by atomic mass is 9.99. The Bertz CT molecular complexity index is 1640. The lowest BCUT2D eigenvalue weighted by Crippen LogP contribution is -2.60. The number of aliphatic hydroxyl groups is 3. The van der Waals surface area contributed by atoms with Crippen molar-refractivity contribution in [3.8, 4) is 0 Å². The summed E-state index contributed by atoms with van der Waals surface area (Å²) in [6.07, 6.45) is 55.3. The smallest absolute Gasteiger partial charge is 0.397 e. The number of hydrogen-bond acceptors (Lipinski definition) is 11. The normalized spacial score (nSPS) is 20.4. The van der Waals surface area contributed by atoms with E-state index >= 15 is 0 Å². The topological polar surface area (TPSA) is 178 Å². The van der Waals surface area contributed by atoms with Crippen molar-refractivity contribution < 1.29 is 56.2 Å². The van der Waals surface area contributed by atoms with Crippen LogP contribution in [-0.2, 0) is 38.3 Å². The second-order valence-electron chi connectivity index (χ2n) is 16.6. The maximum atomic E-state index is 12.9. The van der Waals surface area contributed by atoms with Crippen molar-refractivity contribution in [3.63, 3.8) is 0 Å². The molecule has 1 aliphatic rings. The predicted octanol–water partition coefficient (Wildman–Crippen LogP) is 11.7. The molecular formula is C55H88O12S. The maximum absolute atomic E-state index is 12.9. The molecule has 12 nitrogen and oxygen atoms in total. The lowest BCUT2D eigenvalue weighted by molar-refractivity contribution is -0.301. The Kier molecular flexibility index (Phi) is 41.1. The highest BCUT2D eigenvalue weighted by molar-refractivity contribution is 7.80. The molecule has 68 heavy (non-hydrogen) atoms. The lowest BCUT2D eigenvalue weighted by Gasteiger charge is -2.41. The number of rotatable bonds is 42. The fourth-order valence-corrected chi connectivity index (χ4v) is 7.37. The summed E-state index contributed by atoms with van der Waals surface area (Å²) in [5, 5.41) is 30.7. The van der Waals surface area contributed by atoms with E-state index in [1.54, 1.807) is 0 Å². The van der Waals surface area contributed by atoms with Gasteiger partial charge in [0.05, 0.1) is 19.8 Å². The van der Waals surface area contributed by atoms with Gasteiger partial charge in [0.25, 0.3) is 0 Å².